The van der Waals surface area contributed by atoms with Crippen molar-refractivity contribution in [3.05, 3.63) is 65.1 Å². The van der Waals surface area contributed by atoms with Gasteiger partial charge in [0.25, 0.3) is 0 Å². The fraction of sp³-hybridized carbons (Fsp3) is 0.462. The number of esters is 1. The Morgan fingerprint density at radius 3 is 2.67 bits per heavy atom. The number of rotatable bonds is 6. The van der Waals surface area contributed by atoms with Crippen LogP contribution in [0, 0.1) is 5.92 Å². The molecule has 1 aromatic carbocycles. The Morgan fingerprint density at radius 1 is 1.23 bits per heavy atom. The van der Waals surface area contributed by atoms with Gasteiger partial charge in [-0.3, -0.25) is 4.98 Å². The lowest BCUT2D eigenvalue weighted by Gasteiger charge is -2.21. The molecule has 1 fully saturated rings. The van der Waals surface area contributed by atoms with Gasteiger partial charge in [0.1, 0.15) is 5.60 Å². The molecule has 3 aromatic rings. The molecular weight excluding hydrogens is 372 g/mol. The van der Waals surface area contributed by atoms with E-state index in [4.69, 9.17) is 9.72 Å². The summed E-state index contributed by atoms with van der Waals surface area (Å²) in [5.74, 6) is 0.845. The molecule has 0 N–H and O–H groups in total. The summed E-state index contributed by atoms with van der Waals surface area (Å²) in [6, 6.07) is 10.6. The number of aromatic nitrogens is 2. The van der Waals surface area contributed by atoms with Gasteiger partial charge in [-0.2, -0.15) is 0 Å². The quantitative estimate of drug-likeness (QED) is 0.465. The highest BCUT2D eigenvalue weighted by Crippen LogP contribution is 2.40. The highest BCUT2D eigenvalue weighted by atomic mass is 16.6. The van der Waals surface area contributed by atoms with Gasteiger partial charge < -0.3 is 9.30 Å². The van der Waals surface area contributed by atoms with Crippen LogP contribution in [0.2, 0.25) is 0 Å². The van der Waals surface area contributed by atoms with E-state index in [2.05, 4.69) is 48.9 Å². The molecule has 4 rings (SSSR count). The first-order chi connectivity index (χ1) is 14.2. The van der Waals surface area contributed by atoms with Crippen LogP contribution in [0.3, 0.4) is 0 Å². The summed E-state index contributed by atoms with van der Waals surface area (Å²) in [6.07, 6.45) is 7.08. The van der Waals surface area contributed by atoms with Crippen molar-refractivity contribution in [3.8, 4) is 0 Å². The van der Waals surface area contributed by atoms with E-state index in [9.17, 15) is 4.79 Å². The van der Waals surface area contributed by atoms with Gasteiger partial charge in [0.2, 0.25) is 0 Å². The molecule has 1 aliphatic rings. The monoisotopic (exact) mass is 404 g/mol. The van der Waals surface area contributed by atoms with E-state index in [1.54, 1.807) is 0 Å². The Morgan fingerprint density at radius 2 is 2.00 bits per heavy atom. The van der Waals surface area contributed by atoms with Crippen molar-refractivity contribution in [1.29, 1.82) is 0 Å². The van der Waals surface area contributed by atoms with Crippen molar-refractivity contribution in [1.82, 2.24) is 9.55 Å². The number of nitrogens with zero attached hydrogens (tertiary/aromatic N) is 2. The molecule has 0 amide bonds. The zero-order valence-electron chi connectivity index (χ0n) is 18.7. The summed E-state index contributed by atoms with van der Waals surface area (Å²) in [6.45, 7) is 11.2. The van der Waals surface area contributed by atoms with E-state index < -0.39 is 5.60 Å². The third-order valence-electron chi connectivity index (χ3n) is 5.48. The molecule has 1 aliphatic carbocycles. The third kappa shape index (κ3) is 4.58. The van der Waals surface area contributed by atoms with Crippen LogP contribution >= 0.6 is 0 Å². The van der Waals surface area contributed by atoms with Gasteiger partial charge in [0.15, 0.2) is 0 Å². The molecule has 1 saturated carbocycles. The summed E-state index contributed by atoms with van der Waals surface area (Å²) in [7, 11) is 0. The number of hydrogen-bond acceptors (Lipinski definition) is 3. The molecule has 30 heavy (non-hydrogen) atoms. The van der Waals surface area contributed by atoms with E-state index in [0.29, 0.717) is 23.8 Å². The molecule has 0 unspecified atom stereocenters. The standard InChI is InChI=1S/C26H32N2O2/c1-17(2)16-28-12-11-21-19(7-6-8-24(21)28)14-23-22(25(29)30-26(3,4)5)13-20(15-27-23)18-9-10-18/h6-8,11-13,15,17-18H,9-10,14,16H2,1-5H3. The minimum Gasteiger partial charge on any atom is -0.456 e. The fourth-order valence-electron chi connectivity index (χ4n) is 3.97. The number of fused-ring (bicyclic) bond motifs is 1. The van der Waals surface area contributed by atoms with Gasteiger partial charge in [-0.25, -0.2) is 4.79 Å². The lowest BCUT2D eigenvalue weighted by atomic mass is 10.00. The Labute approximate surface area is 179 Å². The van der Waals surface area contributed by atoms with Crippen LogP contribution in [0.5, 0.6) is 0 Å². The molecule has 2 heterocycles. The third-order valence-corrected chi connectivity index (χ3v) is 5.48. The van der Waals surface area contributed by atoms with Crippen molar-refractivity contribution in [2.24, 2.45) is 5.92 Å². The van der Waals surface area contributed by atoms with E-state index >= 15 is 0 Å². The first-order valence-electron chi connectivity index (χ1n) is 11.0. The lowest BCUT2D eigenvalue weighted by Crippen LogP contribution is -2.25. The normalized spacial score (nSPS) is 14.5. The van der Waals surface area contributed by atoms with Crippen molar-refractivity contribution in [3.63, 3.8) is 0 Å². The number of carbonyl (C=O) groups excluding carboxylic acids is 1. The number of ether oxygens (including phenoxy) is 1. The second kappa shape index (κ2) is 7.90. The van der Waals surface area contributed by atoms with Gasteiger partial charge >= 0.3 is 5.97 Å². The molecule has 0 aliphatic heterocycles. The molecule has 0 saturated heterocycles. The van der Waals surface area contributed by atoms with Crippen molar-refractivity contribution in [2.75, 3.05) is 0 Å². The van der Waals surface area contributed by atoms with Crippen LogP contribution in [-0.4, -0.2) is 21.1 Å². The average Bonchev–Trinajstić information content (AvgIpc) is 3.43. The summed E-state index contributed by atoms with van der Waals surface area (Å²) in [5, 5.41) is 1.22. The molecule has 0 atom stereocenters. The molecule has 0 radical (unpaired) electrons. The van der Waals surface area contributed by atoms with Crippen LogP contribution in [-0.2, 0) is 17.7 Å². The van der Waals surface area contributed by atoms with E-state index in [1.165, 1.54) is 29.3 Å². The molecule has 0 bridgehead atoms. The van der Waals surface area contributed by atoms with E-state index in [1.807, 2.05) is 33.0 Å². The second-order valence-electron chi connectivity index (χ2n) is 9.93. The van der Waals surface area contributed by atoms with Gasteiger partial charge in [-0.15, -0.1) is 0 Å². The maximum absolute atomic E-state index is 13.0. The topological polar surface area (TPSA) is 44.1 Å². The molecule has 158 valence electrons. The average molecular weight is 405 g/mol. The molecule has 4 heteroatoms. The Hall–Kier alpha value is -2.62. The van der Waals surface area contributed by atoms with Crippen LogP contribution < -0.4 is 0 Å². The minimum atomic E-state index is -0.530. The smallest absolute Gasteiger partial charge is 0.340 e. The Bertz CT molecular complexity index is 1070. The summed E-state index contributed by atoms with van der Waals surface area (Å²) >= 11 is 0. The number of hydrogen-bond donors (Lipinski definition) is 0. The Balaban J connectivity index is 1.70. The Kier molecular flexibility index (Phi) is 5.44. The van der Waals surface area contributed by atoms with Crippen molar-refractivity contribution >= 4 is 16.9 Å². The van der Waals surface area contributed by atoms with Gasteiger partial charge in [0, 0.05) is 36.3 Å². The van der Waals surface area contributed by atoms with Crippen molar-refractivity contribution < 1.29 is 9.53 Å². The minimum absolute atomic E-state index is 0.281. The van der Waals surface area contributed by atoms with Gasteiger partial charge in [-0.1, -0.05) is 26.0 Å². The summed E-state index contributed by atoms with van der Waals surface area (Å²) in [4.78, 5) is 17.7. The lowest BCUT2D eigenvalue weighted by molar-refractivity contribution is 0.00678. The van der Waals surface area contributed by atoms with E-state index in [0.717, 1.165) is 17.8 Å². The molecule has 2 aromatic heterocycles. The van der Waals surface area contributed by atoms with Crippen LogP contribution in [0.25, 0.3) is 10.9 Å². The maximum atomic E-state index is 13.0. The first-order valence-corrected chi connectivity index (χ1v) is 11.0. The predicted molar refractivity (Wildman–Crippen MR) is 121 cm³/mol. The highest BCUT2D eigenvalue weighted by molar-refractivity contribution is 5.92. The molecular formula is C26H32N2O2. The van der Waals surface area contributed by atoms with Crippen LogP contribution in [0.15, 0.2) is 42.7 Å². The fourth-order valence-corrected chi connectivity index (χ4v) is 3.97. The zero-order chi connectivity index (χ0) is 21.5. The molecule has 0 spiro atoms. The number of benzene rings is 1. The summed E-state index contributed by atoms with van der Waals surface area (Å²) in [5.41, 5.74) is 4.44. The second-order valence-corrected chi connectivity index (χ2v) is 9.93. The van der Waals surface area contributed by atoms with E-state index in [-0.39, 0.29) is 5.97 Å². The number of pyridine rings is 1. The largest absolute Gasteiger partial charge is 0.456 e. The summed E-state index contributed by atoms with van der Waals surface area (Å²) < 4.78 is 8.02. The van der Waals surface area contributed by atoms with Gasteiger partial charge in [-0.05, 0) is 74.8 Å². The van der Waals surface area contributed by atoms with Crippen LogP contribution in [0.4, 0.5) is 0 Å². The molecule has 4 nitrogen and oxygen atoms in total. The van der Waals surface area contributed by atoms with Crippen molar-refractivity contribution in [2.45, 2.75) is 71.9 Å². The van der Waals surface area contributed by atoms with Crippen LogP contribution in [0.1, 0.15) is 80.6 Å². The van der Waals surface area contributed by atoms with Gasteiger partial charge in [0.05, 0.1) is 11.3 Å². The first kappa shape index (κ1) is 20.6. The zero-order valence-corrected chi connectivity index (χ0v) is 18.7. The highest BCUT2D eigenvalue weighted by Gasteiger charge is 2.27. The SMILES string of the molecule is CC(C)Cn1ccc2c(Cc3ncc(C4CC4)cc3C(=O)OC(C)(C)C)cccc21. The predicted octanol–water partition coefficient (Wildman–Crippen LogP) is 6.12. The maximum Gasteiger partial charge on any atom is 0.340 e. The number of carbonyl (C=O) groups is 1.